The van der Waals surface area contributed by atoms with Crippen molar-refractivity contribution in [3.8, 4) is 0 Å². The Morgan fingerprint density at radius 1 is 1.00 bits per heavy atom. The molecular weight excluding hydrogens is 368 g/mol. The average molecular weight is 405 g/mol. The Balaban J connectivity index is 1.35. The molecule has 0 unspecified atom stereocenters. The normalized spacial score (nSPS) is 25.8. The van der Waals surface area contributed by atoms with E-state index in [-0.39, 0.29) is 11.0 Å². The molecule has 30 heavy (non-hydrogen) atoms. The van der Waals surface area contributed by atoms with Crippen LogP contribution in [0.2, 0.25) is 0 Å². The van der Waals surface area contributed by atoms with Gasteiger partial charge in [0.25, 0.3) is 0 Å². The molecule has 3 nitrogen and oxygen atoms in total. The van der Waals surface area contributed by atoms with Gasteiger partial charge in [0.05, 0.1) is 5.60 Å². The van der Waals surface area contributed by atoms with E-state index >= 15 is 0 Å². The van der Waals surface area contributed by atoms with Crippen LogP contribution in [0.3, 0.4) is 0 Å². The zero-order valence-corrected chi connectivity index (χ0v) is 18.5. The molecule has 2 aliphatic carbocycles. The predicted octanol–water partition coefficient (Wildman–Crippen LogP) is 5.32. The maximum absolute atomic E-state index is 6.44. The molecule has 3 heteroatoms. The van der Waals surface area contributed by atoms with Crippen molar-refractivity contribution >= 4 is 0 Å². The Kier molecular flexibility index (Phi) is 5.68. The van der Waals surface area contributed by atoms with Crippen LogP contribution < -0.4 is 0 Å². The van der Waals surface area contributed by atoms with Crippen LogP contribution in [-0.4, -0.2) is 41.2 Å². The molecule has 1 spiro atoms. The summed E-state index contributed by atoms with van der Waals surface area (Å²) in [4.78, 5) is 7.63. The van der Waals surface area contributed by atoms with Gasteiger partial charge in [0.1, 0.15) is 0 Å². The summed E-state index contributed by atoms with van der Waals surface area (Å²) in [6.07, 6.45) is 12.9. The molecule has 1 saturated carbocycles. The van der Waals surface area contributed by atoms with Crippen molar-refractivity contribution in [2.45, 2.75) is 81.8 Å². The number of likely N-dealkylation sites (N-methyl/N-ethyl adjacent to an activating group) is 1. The fourth-order valence-corrected chi connectivity index (χ4v) is 6.55. The van der Waals surface area contributed by atoms with Crippen molar-refractivity contribution in [2.24, 2.45) is 0 Å². The average Bonchev–Trinajstić information content (AvgIpc) is 3.42. The summed E-state index contributed by atoms with van der Waals surface area (Å²) >= 11 is 0. The van der Waals surface area contributed by atoms with Gasteiger partial charge in [-0.2, -0.15) is 0 Å². The number of hydrogen-bond donors (Lipinski definition) is 0. The van der Waals surface area contributed by atoms with Crippen molar-refractivity contribution in [1.82, 2.24) is 9.88 Å². The first-order valence-corrected chi connectivity index (χ1v) is 12.1. The Hall–Kier alpha value is -1.71. The van der Waals surface area contributed by atoms with Crippen LogP contribution in [-0.2, 0) is 23.0 Å². The Morgan fingerprint density at radius 2 is 1.73 bits per heavy atom. The lowest BCUT2D eigenvalue weighted by Gasteiger charge is -2.47. The van der Waals surface area contributed by atoms with E-state index in [1.54, 1.807) is 11.1 Å². The van der Waals surface area contributed by atoms with Crippen LogP contribution in [0.1, 0.15) is 68.7 Å². The first-order chi connectivity index (χ1) is 14.7. The van der Waals surface area contributed by atoms with E-state index in [4.69, 9.17) is 9.72 Å². The van der Waals surface area contributed by atoms with Gasteiger partial charge in [0.15, 0.2) is 0 Å². The van der Waals surface area contributed by atoms with Gasteiger partial charge in [-0.05, 0) is 81.3 Å². The summed E-state index contributed by atoms with van der Waals surface area (Å²) in [7, 11) is 0. The largest absolute Gasteiger partial charge is 0.375 e. The number of hydrogen-bond acceptors (Lipinski definition) is 3. The summed E-state index contributed by atoms with van der Waals surface area (Å²) in [6, 6.07) is 16.2. The molecule has 0 bridgehead atoms. The fourth-order valence-electron chi connectivity index (χ4n) is 6.55. The Labute approximate surface area is 181 Å². The maximum atomic E-state index is 6.44. The third kappa shape index (κ3) is 3.83. The highest BCUT2D eigenvalue weighted by atomic mass is 16.5. The third-order valence-corrected chi connectivity index (χ3v) is 8.20. The van der Waals surface area contributed by atoms with Gasteiger partial charge in [-0.25, -0.2) is 0 Å². The van der Waals surface area contributed by atoms with Crippen molar-refractivity contribution in [3.63, 3.8) is 0 Å². The molecule has 1 aromatic heterocycles. The highest BCUT2D eigenvalue weighted by Gasteiger charge is 2.48. The molecule has 1 aromatic carbocycles. The summed E-state index contributed by atoms with van der Waals surface area (Å²) < 4.78 is 6.44. The number of nitrogens with zero attached hydrogens (tertiary/aromatic N) is 2. The first-order valence-electron chi connectivity index (χ1n) is 12.1. The predicted molar refractivity (Wildman–Crippen MR) is 122 cm³/mol. The van der Waals surface area contributed by atoms with Crippen molar-refractivity contribution in [2.75, 3.05) is 19.7 Å². The zero-order valence-electron chi connectivity index (χ0n) is 18.5. The Bertz CT molecular complexity index is 820. The lowest BCUT2D eigenvalue weighted by atomic mass is 9.67. The summed E-state index contributed by atoms with van der Waals surface area (Å²) in [5.41, 5.74) is 4.66. The van der Waals surface area contributed by atoms with Gasteiger partial charge in [-0.3, -0.25) is 9.88 Å². The van der Waals surface area contributed by atoms with E-state index in [9.17, 15) is 0 Å². The van der Waals surface area contributed by atoms with Crippen LogP contribution in [0.15, 0.2) is 48.7 Å². The van der Waals surface area contributed by atoms with Crippen LogP contribution in [0.5, 0.6) is 0 Å². The molecule has 1 atom stereocenters. The second-order valence-corrected chi connectivity index (χ2v) is 9.87. The van der Waals surface area contributed by atoms with E-state index in [1.165, 1.54) is 50.6 Å². The number of aromatic nitrogens is 1. The smallest absolute Gasteiger partial charge is 0.0691 e. The van der Waals surface area contributed by atoms with Gasteiger partial charge < -0.3 is 4.74 Å². The topological polar surface area (TPSA) is 25.4 Å². The highest BCUT2D eigenvalue weighted by Crippen LogP contribution is 2.49. The number of fused-ring (bicyclic) bond motifs is 1. The zero-order chi connectivity index (χ0) is 20.4. The van der Waals surface area contributed by atoms with Gasteiger partial charge in [-0.15, -0.1) is 0 Å². The van der Waals surface area contributed by atoms with Crippen LogP contribution in [0.4, 0.5) is 0 Å². The number of pyridine rings is 1. The molecule has 2 aromatic rings. The lowest BCUT2D eigenvalue weighted by Crippen LogP contribution is -2.48. The van der Waals surface area contributed by atoms with Crippen LogP contribution in [0.25, 0.3) is 0 Å². The molecule has 3 aliphatic rings. The summed E-state index contributed by atoms with van der Waals surface area (Å²) in [5.74, 6) is 0. The first kappa shape index (κ1) is 20.2. The van der Waals surface area contributed by atoms with Gasteiger partial charge in [0.2, 0.25) is 0 Å². The minimum absolute atomic E-state index is 0.108. The lowest BCUT2D eigenvalue weighted by molar-refractivity contribution is -0.105. The highest BCUT2D eigenvalue weighted by molar-refractivity contribution is 5.33. The van der Waals surface area contributed by atoms with Gasteiger partial charge in [0, 0.05) is 30.0 Å². The van der Waals surface area contributed by atoms with Crippen molar-refractivity contribution in [3.05, 3.63) is 65.5 Å². The van der Waals surface area contributed by atoms with Crippen molar-refractivity contribution in [1.29, 1.82) is 0 Å². The Morgan fingerprint density at radius 3 is 2.40 bits per heavy atom. The minimum Gasteiger partial charge on any atom is -0.375 e. The number of benzene rings is 1. The number of ether oxygens (including phenoxy) is 1. The maximum Gasteiger partial charge on any atom is 0.0691 e. The summed E-state index contributed by atoms with van der Waals surface area (Å²) in [6.45, 7) is 5.50. The van der Waals surface area contributed by atoms with E-state index in [1.807, 2.05) is 6.20 Å². The molecule has 2 fully saturated rings. The SMILES string of the molecule is CCN(CC[C@@]1(c2ccccn2)CCOC2(CCCC2)C1)C1Cc2ccccc2C1. The molecule has 0 N–H and O–H groups in total. The molecule has 5 rings (SSSR count). The fraction of sp³-hybridized carbons (Fsp3) is 0.593. The van der Waals surface area contributed by atoms with Crippen molar-refractivity contribution < 1.29 is 4.74 Å². The standard InChI is InChI=1S/C27H36N2O/c1-2-29(24-19-22-9-3-4-10-23(22)20-24)17-14-26(25-11-5-8-16-28-25)15-18-30-27(21-26)12-6-7-13-27/h3-5,8-11,16,24H,2,6-7,12-15,17-21H2,1H3/t26-/m1/s1. The second-order valence-electron chi connectivity index (χ2n) is 9.87. The molecule has 1 saturated heterocycles. The molecule has 1 aliphatic heterocycles. The van der Waals surface area contributed by atoms with E-state index in [0.717, 1.165) is 32.5 Å². The molecule has 0 radical (unpaired) electrons. The molecular formula is C27H36N2O. The van der Waals surface area contributed by atoms with Gasteiger partial charge >= 0.3 is 0 Å². The monoisotopic (exact) mass is 404 g/mol. The minimum atomic E-state index is 0.108. The van der Waals surface area contributed by atoms with Gasteiger partial charge in [-0.1, -0.05) is 50.1 Å². The number of rotatable bonds is 6. The van der Waals surface area contributed by atoms with E-state index < -0.39 is 0 Å². The summed E-state index contributed by atoms with van der Waals surface area (Å²) in [5, 5.41) is 0. The third-order valence-electron chi connectivity index (χ3n) is 8.20. The van der Waals surface area contributed by atoms with Crippen LogP contribution >= 0.6 is 0 Å². The van der Waals surface area contributed by atoms with E-state index in [0.29, 0.717) is 6.04 Å². The van der Waals surface area contributed by atoms with Crippen LogP contribution in [0, 0.1) is 0 Å². The molecule has 0 amide bonds. The quantitative estimate of drug-likeness (QED) is 0.651. The molecule has 160 valence electrons. The molecule has 2 heterocycles. The second kappa shape index (κ2) is 8.43. The van der Waals surface area contributed by atoms with E-state index in [2.05, 4.69) is 54.3 Å².